The van der Waals surface area contributed by atoms with Crippen molar-refractivity contribution < 1.29 is 9.72 Å². The Morgan fingerprint density at radius 2 is 2.26 bits per heavy atom. The van der Waals surface area contributed by atoms with Gasteiger partial charge in [-0.2, -0.15) is 5.26 Å². The summed E-state index contributed by atoms with van der Waals surface area (Å²) >= 11 is 0. The normalized spacial score (nSPS) is 15.9. The SMILES string of the molecule is N#CC1(C(=O)NCc2cccc([N+](=O)[O-])c2)CCC1. The van der Waals surface area contributed by atoms with E-state index < -0.39 is 10.3 Å². The highest BCUT2D eigenvalue weighted by atomic mass is 16.6. The molecular weight excluding hydrogens is 246 g/mol. The molecule has 1 aliphatic carbocycles. The van der Waals surface area contributed by atoms with E-state index in [1.807, 2.05) is 0 Å². The Morgan fingerprint density at radius 1 is 1.53 bits per heavy atom. The zero-order valence-electron chi connectivity index (χ0n) is 10.3. The molecule has 2 rings (SSSR count). The Morgan fingerprint density at radius 3 is 2.79 bits per heavy atom. The first-order valence-electron chi connectivity index (χ1n) is 6.00. The number of hydrogen-bond acceptors (Lipinski definition) is 4. The van der Waals surface area contributed by atoms with Gasteiger partial charge in [-0.25, -0.2) is 0 Å². The summed E-state index contributed by atoms with van der Waals surface area (Å²) in [6, 6.07) is 8.15. The van der Waals surface area contributed by atoms with Gasteiger partial charge in [0.2, 0.25) is 5.91 Å². The van der Waals surface area contributed by atoms with Crippen molar-refractivity contribution in [2.45, 2.75) is 25.8 Å². The molecule has 6 nitrogen and oxygen atoms in total. The zero-order valence-corrected chi connectivity index (χ0v) is 10.3. The Balaban J connectivity index is 1.99. The third kappa shape index (κ3) is 2.55. The van der Waals surface area contributed by atoms with E-state index in [1.165, 1.54) is 12.1 Å². The highest BCUT2D eigenvalue weighted by Crippen LogP contribution is 2.40. The number of carbonyl (C=O) groups is 1. The molecule has 0 spiro atoms. The van der Waals surface area contributed by atoms with E-state index in [9.17, 15) is 14.9 Å². The van der Waals surface area contributed by atoms with Crippen molar-refractivity contribution in [3.63, 3.8) is 0 Å². The monoisotopic (exact) mass is 259 g/mol. The van der Waals surface area contributed by atoms with Crippen molar-refractivity contribution in [1.82, 2.24) is 5.32 Å². The molecule has 1 aliphatic rings. The first-order chi connectivity index (χ1) is 9.07. The second kappa shape index (κ2) is 5.06. The number of benzene rings is 1. The van der Waals surface area contributed by atoms with Crippen molar-refractivity contribution in [3.05, 3.63) is 39.9 Å². The lowest BCUT2D eigenvalue weighted by Crippen LogP contribution is -2.44. The summed E-state index contributed by atoms with van der Waals surface area (Å²) in [5.74, 6) is -0.284. The number of nitrogens with zero attached hydrogens (tertiary/aromatic N) is 2. The van der Waals surface area contributed by atoms with Crippen LogP contribution in [0.3, 0.4) is 0 Å². The number of nitriles is 1. The molecule has 0 bridgehead atoms. The Kier molecular flexibility index (Phi) is 3.47. The van der Waals surface area contributed by atoms with E-state index in [0.717, 1.165) is 6.42 Å². The summed E-state index contributed by atoms with van der Waals surface area (Å²) in [7, 11) is 0. The van der Waals surface area contributed by atoms with E-state index in [2.05, 4.69) is 11.4 Å². The summed E-state index contributed by atoms with van der Waals surface area (Å²) in [4.78, 5) is 22.1. The van der Waals surface area contributed by atoms with Crippen LogP contribution in [0.1, 0.15) is 24.8 Å². The fourth-order valence-corrected chi connectivity index (χ4v) is 2.05. The number of nitro benzene ring substituents is 1. The highest BCUT2D eigenvalue weighted by molar-refractivity contribution is 5.86. The predicted octanol–water partition coefficient (Wildman–Crippen LogP) is 1.90. The molecular formula is C13H13N3O3. The first-order valence-corrected chi connectivity index (χ1v) is 6.00. The van der Waals surface area contributed by atoms with Gasteiger partial charge in [0.1, 0.15) is 5.41 Å². The third-order valence-electron chi connectivity index (χ3n) is 3.43. The molecule has 1 amide bonds. The highest BCUT2D eigenvalue weighted by Gasteiger charge is 2.44. The molecule has 0 heterocycles. The smallest absolute Gasteiger partial charge is 0.269 e. The van der Waals surface area contributed by atoms with E-state index in [4.69, 9.17) is 5.26 Å². The summed E-state index contributed by atoms with van der Waals surface area (Å²) in [6.45, 7) is 0.198. The van der Waals surface area contributed by atoms with E-state index in [-0.39, 0.29) is 18.1 Å². The van der Waals surface area contributed by atoms with Gasteiger partial charge in [-0.05, 0) is 24.8 Å². The molecule has 1 aromatic carbocycles. The lowest BCUT2D eigenvalue weighted by atomic mass is 9.69. The van der Waals surface area contributed by atoms with Crippen LogP contribution in [0.25, 0.3) is 0 Å². The van der Waals surface area contributed by atoms with Crippen LogP contribution in [0.15, 0.2) is 24.3 Å². The van der Waals surface area contributed by atoms with Crippen LogP contribution in [0.2, 0.25) is 0 Å². The van der Waals surface area contributed by atoms with Gasteiger partial charge in [-0.3, -0.25) is 14.9 Å². The molecule has 0 radical (unpaired) electrons. The standard InChI is InChI=1S/C13H13N3O3/c14-9-13(5-2-6-13)12(17)15-8-10-3-1-4-11(7-10)16(18)19/h1,3-4,7H,2,5-6,8H2,(H,15,17). The number of rotatable bonds is 4. The fourth-order valence-electron chi connectivity index (χ4n) is 2.05. The average molecular weight is 259 g/mol. The molecule has 0 aliphatic heterocycles. The molecule has 0 aromatic heterocycles. The van der Waals surface area contributed by atoms with Crippen molar-refractivity contribution in [3.8, 4) is 6.07 Å². The number of nitrogens with one attached hydrogen (secondary N) is 1. The van der Waals surface area contributed by atoms with Gasteiger partial charge in [0.05, 0.1) is 11.0 Å². The van der Waals surface area contributed by atoms with Crippen molar-refractivity contribution in [1.29, 1.82) is 5.26 Å². The lowest BCUT2D eigenvalue weighted by molar-refractivity contribution is -0.384. The first kappa shape index (κ1) is 13.0. The van der Waals surface area contributed by atoms with Crippen molar-refractivity contribution >= 4 is 11.6 Å². The molecule has 6 heteroatoms. The maximum absolute atomic E-state index is 11.9. The van der Waals surface area contributed by atoms with Gasteiger partial charge in [-0.1, -0.05) is 12.1 Å². The van der Waals surface area contributed by atoms with Crippen LogP contribution >= 0.6 is 0 Å². The van der Waals surface area contributed by atoms with Crippen molar-refractivity contribution in [2.75, 3.05) is 0 Å². The number of hydrogen-bond donors (Lipinski definition) is 1. The maximum Gasteiger partial charge on any atom is 0.269 e. The zero-order chi connectivity index (χ0) is 13.9. The van der Waals surface area contributed by atoms with Gasteiger partial charge in [0.25, 0.3) is 5.69 Å². The minimum absolute atomic E-state index is 0.00890. The van der Waals surface area contributed by atoms with Gasteiger partial charge < -0.3 is 5.32 Å². The number of non-ortho nitro benzene ring substituents is 1. The second-order valence-electron chi connectivity index (χ2n) is 4.66. The van der Waals surface area contributed by atoms with Crippen molar-refractivity contribution in [2.24, 2.45) is 5.41 Å². The largest absolute Gasteiger partial charge is 0.351 e. The Bertz CT molecular complexity index is 558. The van der Waals surface area contributed by atoms with Crippen LogP contribution in [-0.2, 0) is 11.3 Å². The van der Waals surface area contributed by atoms with Crippen LogP contribution < -0.4 is 5.32 Å². The maximum atomic E-state index is 11.9. The van der Waals surface area contributed by atoms with Crippen LogP contribution in [0, 0.1) is 26.9 Å². The number of carbonyl (C=O) groups excluding carboxylic acids is 1. The molecule has 1 saturated carbocycles. The van der Waals surface area contributed by atoms with Crippen LogP contribution in [-0.4, -0.2) is 10.8 Å². The molecule has 1 fully saturated rings. The van der Waals surface area contributed by atoms with Gasteiger partial charge in [0.15, 0.2) is 0 Å². The topological polar surface area (TPSA) is 96.0 Å². The van der Waals surface area contributed by atoms with E-state index in [0.29, 0.717) is 18.4 Å². The molecule has 19 heavy (non-hydrogen) atoms. The van der Waals surface area contributed by atoms with Gasteiger partial charge in [-0.15, -0.1) is 0 Å². The molecule has 0 atom stereocenters. The molecule has 1 aromatic rings. The minimum Gasteiger partial charge on any atom is -0.351 e. The lowest BCUT2D eigenvalue weighted by Gasteiger charge is -2.33. The average Bonchev–Trinajstić information content (AvgIpc) is 2.36. The molecule has 0 unspecified atom stereocenters. The summed E-state index contributed by atoms with van der Waals surface area (Å²) < 4.78 is 0. The number of nitro groups is 1. The minimum atomic E-state index is -0.888. The molecule has 1 N–H and O–H groups in total. The quantitative estimate of drug-likeness (QED) is 0.659. The summed E-state index contributed by atoms with van der Waals surface area (Å²) in [5, 5.41) is 22.3. The Labute approximate surface area is 110 Å². The van der Waals surface area contributed by atoms with Gasteiger partial charge in [0, 0.05) is 18.7 Å². The van der Waals surface area contributed by atoms with Crippen LogP contribution in [0.5, 0.6) is 0 Å². The van der Waals surface area contributed by atoms with E-state index in [1.54, 1.807) is 12.1 Å². The van der Waals surface area contributed by atoms with Gasteiger partial charge >= 0.3 is 0 Å². The fraction of sp³-hybridized carbons (Fsp3) is 0.385. The third-order valence-corrected chi connectivity index (χ3v) is 3.43. The molecule has 98 valence electrons. The second-order valence-corrected chi connectivity index (χ2v) is 4.66. The summed E-state index contributed by atoms with van der Waals surface area (Å²) in [6.07, 6.45) is 2.06. The number of amides is 1. The summed E-state index contributed by atoms with van der Waals surface area (Å²) in [5.41, 5.74) is -0.249. The molecule has 0 saturated heterocycles. The van der Waals surface area contributed by atoms with Crippen LogP contribution in [0.4, 0.5) is 5.69 Å². The predicted molar refractivity (Wildman–Crippen MR) is 66.8 cm³/mol. The Hall–Kier alpha value is -2.42. The van der Waals surface area contributed by atoms with E-state index >= 15 is 0 Å².